The van der Waals surface area contributed by atoms with Gasteiger partial charge in [0.15, 0.2) is 0 Å². The van der Waals surface area contributed by atoms with Gasteiger partial charge >= 0.3 is 0 Å². The number of nitro benzene ring substituents is 1. The number of halogens is 1. The molecule has 2 N–H and O–H groups in total. The molecule has 3 aromatic rings. The molecule has 0 spiro atoms. The lowest BCUT2D eigenvalue weighted by molar-refractivity contribution is -0.384. The van der Waals surface area contributed by atoms with Gasteiger partial charge in [-0.2, -0.15) is 5.10 Å². The molecule has 10 heteroatoms. The molecule has 0 bridgehead atoms. The quantitative estimate of drug-likeness (QED) is 0.251. The van der Waals surface area contributed by atoms with E-state index in [9.17, 15) is 14.9 Å². The molecule has 1 fully saturated rings. The number of nitro groups is 1. The SMILES string of the molecule is Cc1cc(I)ccc1Nc1cc([N+](=O)[O-])c(-n2cccn2)cc1C(=O)NOCC1CC1. The summed E-state index contributed by atoms with van der Waals surface area (Å²) in [5, 5.41) is 19.0. The van der Waals surface area contributed by atoms with Crippen LogP contribution < -0.4 is 10.8 Å². The number of nitrogens with zero attached hydrogens (tertiary/aromatic N) is 3. The number of amides is 1. The number of aromatic nitrogens is 2. The summed E-state index contributed by atoms with van der Waals surface area (Å²) >= 11 is 2.21. The Bertz CT molecular complexity index is 1130. The number of rotatable bonds is 8. The van der Waals surface area contributed by atoms with Crippen molar-refractivity contribution in [1.82, 2.24) is 15.3 Å². The molecule has 2 aromatic carbocycles. The van der Waals surface area contributed by atoms with Gasteiger partial charge in [0.05, 0.1) is 22.8 Å². The van der Waals surface area contributed by atoms with Crippen LogP contribution in [0.15, 0.2) is 48.8 Å². The Kier molecular flexibility index (Phi) is 6.18. The van der Waals surface area contributed by atoms with Gasteiger partial charge in [0.1, 0.15) is 5.69 Å². The van der Waals surface area contributed by atoms with Gasteiger partial charge in [0.25, 0.3) is 11.6 Å². The molecule has 0 radical (unpaired) electrons. The number of carbonyl (C=O) groups excluding carboxylic acids is 1. The molecule has 1 saturated carbocycles. The number of carbonyl (C=O) groups is 1. The smallest absolute Gasteiger partial charge is 0.296 e. The first-order valence-electron chi connectivity index (χ1n) is 9.70. The van der Waals surface area contributed by atoms with Gasteiger partial charge in [-0.3, -0.25) is 19.7 Å². The third kappa shape index (κ3) is 5.02. The van der Waals surface area contributed by atoms with Crippen LogP contribution in [0.25, 0.3) is 5.69 Å². The van der Waals surface area contributed by atoms with E-state index in [0.29, 0.717) is 18.2 Å². The molecule has 9 nitrogen and oxygen atoms in total. The molecule has 1 aliphatic rings. The minimum Gasteiger partial charge on any atom is -0.354 e. The number of hydrogen-bond donors (Lipinski definition) is 2. The van der Waals surface area contributed by atoms with Gasteiger partial charge in [-0.25, -0.2) is 10.2 Å². The standard InChI is InChI=1S/C21H20IN5O4/c1-13-9-15(22)5-6-17(13)24-18-11-20(27(29)30)19(26-8-2-7-23-26)10-16(18)21(28)25-31-12-14-3-4-14/h2,5-11,14,24H,3-4,12H2,1H3,(H,25,28). The van der Waals surface area contributed by atoms with E-state index in [-0.39, 0.29) is 16.9 Å². The molecular weight excluding hydrogens is 513 g/mol. The molecule has 1 amide bonds. The number of anilines is 2. The zero-order valence-electron chi connectivity index (χ0n) is 16.7. The van der Waals surface area contributed by atoms with Crippen molar-refractivity contribution in [2.75, 3.05) is 11.9 Å². The third-order valence-electron chi connectivity index (χ3n) is 4.95. The summed E-state index contributed by atoms with van der Waals surface area (Å²) in [7, 11) is 0. The molecule has 0 atom stereocenters. The van der Waals surface area contributed by atoms with Gasteiger partial charge in [0, 0.05) is 27.7 Å². The van der Waals surface area contributed by atoms with Crippen LogP contribution in [0.3, 0.4) is 0 Å². The van der Waals surface area contributed by atoms with E-state index in [1.807, 2.05) is 25.1 Å². The summed E-state index contributed by atoms with van der Waals surface area (Å²) in [5.74, 6) is -0.0153. The summed E-state index contributed by atoms with van der Waals surface area (Å²) < 4.78 is 2.42. The predicted molar refractivity (Wildman–Crippen MR) is 124 cm³/mol. The van der Waals surface area contributed by atoms with Crippen molar-refractivity contribution >= 4 is 45.6 Å². The number of hydroxylamine groups is 1. The van der Waals surface area contributed by atoms with E-state index < -0.39 is 10.8 Å². The summed E-state index contributed by atoms with van der Waals surface area (Å²) in [6.45, 7) is 2.37. The van der Waals surface area contributed by atoms with Crippen LogP contribution >= 0.6 is 22.6 Å². The molecule has 1 aliphatic carbocycles. The zero-order valence-corrected chi connectivity index (χ0v) is 18.8. The van der Waals surface area contributed by atoms with E-state index >= 15 is 0 Å². The third-order valence-corrected chi connectivity index (χ3v) is 5.62. The molecule has 160 valence electrons. The first-order chi connectivity index (χ1) is 14.9. The Labute approximate surface area is 192 Å². The van der Waals surface area contributed by atoms with E-state index in [4.69, 9.17) is 4.84 Å². The molecular formula is C21H20IN5O4. The van der Waals surface area contributed by atoms with Crippen molar-refractivity contribution in [2.45, 2.75) is 19.8 Å². The Morgan fingerprint density at radius 3 is 2.77 bits per heavy atom. The van der Waals surface area contributed by atoms with Crippen LogP contribution in [-0.4, -0.2) is 27.2 Å². The molecule has 4 rings (SSSR count). The second kappa shape index (κ2) is 9.02. The van der Waals surface area contributed by atoms with Crippen molar-refractivity contribution in [3.63, 3.8) is 0 Å². The van der Waals surface area contributed by atoms with Gasteiger partial charge in [0.2, 0.25) is 0 Å². The highest BCUT2D eigenvalue weighted by atomic mass is 127. The van der Waals surface area contributed by atoms with Crippen molar-refractivity contribution in [2.24, 2.45) is 5.92 Å². The Hall–Kier alpha value is -2.99. The number of nitrogens with one attached hydrogen (secondary N) is 2. The van der Waals surface area contributed by atoms with E-state index in [2.05, 4.69) is 38.5 Å². The number of hydrogen-bond acceptors (Lipinski definition) is 6. The van der Waals surface area contributed by atoms with E-state index in [0.717, 1.165) is 27.7 Å². The molecule has 0 unspecified atom stereocenters. The first kappa shape index (κ1) is 21.2. The predicted octanol–water partition coefficient (Wildman–Crippen LogP) is 4.51. The summed E-state index contributed by atoms with van der Waals surface area (Å²) in [5.41, 5.74) is 4.68. The fourth-order valence-electron chi connectivity index (χ4n) is 3.09. The maximum Gasteiger partial charge on any atom is 0.296 e. The minimum atomic E-state index is -0.492. The lowest BCUT2D eigenvalue weighted by Crippen LogP contribution is -2.26. The van der Waals surface area contributed by atoms with Crippen LogP contribution in [0, 0.1) is 26.5 Å². The van der Waals surface area contributed by atoms with Gasteiger partial charge in [-0.15, -0.1) is 0 Å². The normalized spacial score (nSPS) is 13.1. The summed E-state index contributed by atoms with van der Waals surface area (Å²) in [4.78, 5) is 29.6. The van der Waals surface area contributed by atoms with E-state index in [1.54, 1.807) is 12.3 Å². The molecule has 0 saturated heterocycles. The van der Waals surface area contributed by atoms with Crippen molar-refractivity contribution in [1.29, 1.82) is 0 Å². The molecule has 1 heterocycles. The largest absolute Gasteiger partial charge is 0.354 e. The lowest BCUT2D eigenvalue weighted by Gasteiger charge is -2.16. The van der Waals surface area contributed by atoms with Gasteiger partial charge < -0.3 is 5.32 Å². The maximum atomic E-state index is 12.9. The fraction of sp³-hybridized carbons (Fsp3) is 0.238. The minimum absolute atomic E-state index is 0.176. The Morgan fingerprint density at radius 1 is 1.32 bits per heavy atom. The highest BCUT2D eigenvalue weighted by Crippen LogP contribution is 2.33. The number of aryl methyl sites for hydroxylation is 1. The second-order valence-corrected chi connectivity index (χ2v) is 8.61. The second-order valence-electron chi connectivity index (χ2n) is 7.36. The lowest BCUT2D eigenvalue weighted by atomic mass is 10.1. The van der Waals surface area contributed by atoms with Crippen LogP contribution in [-0.2, 0) is 4.84 Å². The Balaban J connectivity index is 1.75. The zero-order chi connectivity index (χ0) is 22.0. The average molecular weight is 533 g/mol. The first-order valence-corrected chi connectivity index (χ1v) is 10.8. The van der Waals surface area contributed by atoms with Crippen LogP contribution in [0.4, 0.5) is 17.1 Å². The van der Waals surface area contributed by atoms with E-state index in [1.165, 1.54) is 23.0 Å². The van der Waals surface area contributed by atoms with Gasteiger partial charge in [-0.1, -0.05) is 0 Å². The maximum absolute atomic E-state index is 12.9. The van der Waals surface area contributed by atoms with Gasteiger partial charge in [-0.05, 0) is 84.2 Å². The highest BCUT2D eigenvalue weighted by Gasteiger charge is 2.25. The average Bonchev–Trinajstić information content (AvgIpc) is 3.39. The number of benzene rings is 2. The molecule has 0 aliphatic heterocycles. The van der Waals surface area contributed by atoms with Crippen LogP contribution in [0.2, 0.25) is 0 Å². The molecule has 31 heavy (non-hydrogen) atoms. The summed E-state index contributed by atoms with van der Waals surface area (Å²) in [6, 6.07) is 10.2. The van der Waals surface area contributed by atoms with Crippen molar-refractivity contribution in [3.05, 3.63) is 73.6 Å². The van der Waals surface area contributed by atoms with Crippen LogP contribution in [0.1, 0.15) is 28.8 Å². The highest BCUT2D eigenvalue weighted by molar-refractivity contribution is 14.1. The summed E-state index contributed by atoms with van der Waals surface area (Å²) in [6.07, 6.45) is 5.29. The van der Waals surface area contributed by atoms with Crippen LogP contribution in [0.5, 0.6) is 0 Å². The topological polar surface area (TPSA) is 111 Å². The van der Waals surface area contributed by atoms with Crippen molar-refractivity contribution in [3.8, 4) is 5.69 Å². The fourth-order valence-corrected chi connectivity index (χ4v) is 3.73. The molecule has 1 aromatic heterocycles. The monoisotopic (exact) mass is 533 g/mol. The van der Waals surface area contributed by atoms with Crippen molar-refractivity contribution < 1.29 is 14.6 Å². The Morgan fingerprint density at radius 2 is 2.13 bits per heavy atom.